The normalized spacial score (nSPS) is 9.33. The van der Waals surface area contributed by atoms with Gasteiger partial charge in [-0.25, -0.2) is 0 Å². The highest BCUT2D eigenvalue weighted by Crippen LogP contribution is 2.20. The molecule has 0 aromatic rings. The summed E-state index contributed by atoms with van der Waals surface area (Å²) >= 11 is 0. The first-order chi connectivity index (χ1) is 3.94. The van der Waals surface area contributed by atoms with Crippen LogP contribution in [0.5, 0.6) is 0 Å². The van der Waals surface area contributed by atoms with Gasteiger partial charge in [0.2, 0.25) is 5.65 Å². The molecule has 0 radical (unpaired) electrons. The monoisotopic (exact) mass is 156 g/mol. The van der Waals surface area contributed by atoms with Crippen molar-refractivity contribution in [1.29, 1.82) is 0 Å². The zero-order valence-corrected chi connectivity index (χ0v) is 5.76. The highest BCUT2D eigenvalue weighted by molar-refractivity contribution is 7.67. The number of carbonyl (C=O) groups is 1. The minimum atomic E-state index is -5.10. The van der Waals surface area contributed by atoms with E-state index in [1.54, 1.807) is 7.05 Å². The lowest BCUT2D eigenvalue weighted by Gasteiger charge is -2.23. The zero-order chi connectivity index (χ0) is 8.08. The third-order valence-corrected chi connectivity index (χ3v) is 0.810. The van der Waals surface area contributed by atoms with Crippen molar-refractivity contribution in [3.05, 3.63) is 0 Å². The fourth-order valence-electron chi connectivity index (χ4n) is 0. The lowest BCUT2D eigenvalue weighted by molar-refractivity contribution is -0.325. The molecule has 0 aromatic heterocycles. The van der Waals surface area contributed by atoms with Crippen molar-refractivity contribution in [2.75, 3.05) is 7.05 Å². The smallest absolute Gasteiger partial charge is 0.804 e. The number of carbonyl (C=O) groups excluding carboxylic acids is 1. The van der Waals surface area contributed by atoms with Gasteiger partial charge in [-0.15, -0.1) is 0 Å². The number of quaternary nitrogens is 1. The van der Waals surface area contributed by atoms with E-state index in [1.165, 1.54) is 0 Å². The van der Waals surface area contributed by atoms with Gasteiger partial charge < -0.3 is 25.8 Å². The van der Waals surface area contributed by atoms with Crippen LogP contribution in [0, 0.1) is 0 Å². The minimum absolute atomic E-state index is 0. The van der Waals surface area contributed by atoms with E-state index in [0.717, 1.165) is 0 Å². The summed E-state index contributed by atoms with van der Waals surface area (Å²) in [6, 6.07) is 0. The molecule has 6 nitrogen and oxygen atoms in total. The number of hydrogen-bond acceptors (Lipinski definition) is 4. The Morgan fingerprint density at radius 1 is 1.67 bits per heavy atom. The Hall–Kier alpha value is -0.420. The molecule has 0 unspecified atom stereocenters. The molecule has 9 heavy (non-hydrogen) atoms. The van der Waals surface area contributed by atoms with Crippen LogP contribution in [0.2, 0.25) is 0 Å². The Labute approximate surface area is 53.5 Å². The van der Waals surface area contributed by atoms with Crippen LogP contribution in [-0.4, -0.2) is 12.7 Å². The molecule has 5 N–H and O–H groups in total. The zero-order valence-electron chi connectivity index (χ0n) is 5.86. The van der Waals surface area contributed by atoms with Gasteiger partial charge in [-0.3, -0.25) is 4.79 Å². The summed E-state index contributed by atoms with van der Waals surface area (Å²) in [5.74, 6) is 0. The molecule has 0 spiro atoms. The van der Waals surface area contributed by atoms with E-state index in [-0.39, 0.29) is 1.43 Å². The molecule has 0 aromatic carbocycles. The van der Waals surface area contributed by atoms with Gasteiger partial charge in [-0.2, -0.15) is 0 Å². The number of primary amides is 1. The van der Waals surface area contributed by atoms with Crippen LogP contribution in [-0.2, 0) is 4.57 Å². The van der Waals surface area contributed by atoms with Crippen molar-refractivity contribution < 1.29 is 26.3 Å². The molecule has 7 heteroatoms. The van der Waals surface area contributed by atoms with Crippen molar-refractivity contribution in [1.82, 2.24) is 0 Å². The van der Waals surface area contributed by atoms with Crippen molar-refractivity contribution in [2.24, 2.45) is 5.73 Å². The summed E-state index contributed by atoms with van der Waals surface area (Å²) in [6.45, 7) is 0. The molecule has 0 aliphatic carbocycles. The van der Waals surface area contributed by atoms with E-state index in [0.29, 0.717) is 0 Å². The van der Waals surface area contributed by atoms with Gasteiger partial charge in [0.05, 0.1) is 7.05 Å². The molecule has 0 rings (SSSR count). The Morgan fingerprint density at radius 3 is 1.78 bits per heavy atom. The average molecular weight is 156 g/mol. The van der Waals surface area contributed by atoms with Crippen molar-refractivity contribution in [3.8, 4) is 0 Å². The van der Waals surface area contributed by atoms with Crippen LogP contribution in [0.3, 0.4) is 0 Å². The standard InChI is InChI=1S/CH4NO4P.CH5N/c2-1(3)7(4,5)6;1-2/h(H2,2,3)(H2,4,5,6);2H2,1H3. The maximum atomic E-state index is 9.35. The highest BCUT2D eigenvalue weighted by Gasteiger charge is 1.94. The Morgan fingerprint density at radius 2 is 1.78 bits per heavy atom. The Bertz CT molecular complexity index is 133. The molecule has 0 aliphatic rings. The summed E-state index contributed by atoms with van der Waals surface area (Å²) in [6.07, 6.45) is 0. The van der Waals surface area contributed by atoms with Crippen LogP contribution >= 0.6 is 7.60 Å². The fraction of sp³-hybridized carbons (Fsp3) is 0.500. The van der Waals surface area contributed by atoms with Crippen LogP contribution in [0.25, 0.3) is 0 Å². The van der Waals surface area contributed by atoms with Gasteiger partial charge in [0.25, 0.3) is 0 Å². The van der Waals surface area contributed by atoms with Crippen LogP contribution in [0.1, 0.15) is 1.43 Å². The second-order valence-electron chi connectivity index (χ2n) is 0.836. The van der Waals surface area contributed by atoms with Gasteiger partial charge in [0, 0.05) is 7.60 Å². The maximum absolute atomic E-state index is 9.35. The van der Waals surface area contributed by atoms with Crippen LogP contribution in [0.4, 0.5) is 4.79 Å². The molecule has 1 amide bonds. The summed E-state index contributed by atoms with van der Waals surface area (Å²) in [7, 11) is -3.35. The summed E-state index contributed by atoms with van der Waals surface area (Å²) in [5.41, 5.74) is 5.48. The highest BCUT2D eigenvalue weighted by atomic mass is 31.2. The Kier molecular flexibility index (Phi) is 5.64. The topological polar surface area (TPSA) is 134 Å². The number of hydrogen-bond donors (Lipinski definition) is 2. The van der Waals surface area contributed by atoms with E-state index in [9.17, 15) is 19.1 Å². The summed E-state index contributed by atoms with van der Waals surface area (Å²) < 4.78 is 9.33. The van der Waals surface area contributed by atoms with Gasteiger partial charge in [-0.05, 0) is 0 Å². The lowest BCUT2D eigenvalue weighted by Crippen LogP contribution is -2.40. The first-order valence-electron chi connectivity index (χ1n) is 1.97. The van der Waals surface area contributed by atoms with Gasteiger partial charge in [0.15, 0.2) is 0 Å². The van der Waals surface area contributed by atoms with Crippen LogP contribution < -0.4 is 21.3 Å². The summed E-state index contributed by atoms with van der Waals surface area (Å²) in [5, 5.41) is 0. The molecular formula is C2H9N2O4P. The van der Waals surface area contributed by atoms with Crippen molar-refractivity contribution in [3.63, 3.8) is 0 Å². The van der Waals surface area contributed by atoms with Gasteiger partial charge in [-0.1, -0.05) is 0 Å². The van der Waals surface area contributed by atoms with E-state index >= 15 is 0 Å². The summed E-state index contributed by atoms with van der Waals surface area (Å²) in [4.78, 5) is 28.0. The van der Waals surface area contributed by atoms with Crippen molar-refractivity contribution >= 4 is 13.2 Å². The quantitative estimate of drug-likeness (QED) is 0.390. The molecule has 0 atom stereocenters. The average Bonchev–Trinajstić information content (AvgIpc) is 1.69. The first kappa shape index (κ1) is 11.4. The molecule has 56 valence electrons. The maximum Gasteiger partial charge on any atom is 1.00 e. The molecule has 0 saturated carbocycles. The molecule has 0 heterocycles. The molecular weight excluding hydrogens is 147 g/mol. The molecule has 0 aliphatic heterocycles. The second kappa shape index (κ2) is 4.46. The van der Waals surface area contributed by atoms with E-state index in [2.05, 4.69) is 11.5 Å². The van der Waals surface area contributed by atoms with Crippen molar-refractivity contribution in [2.45, 2.75) is 0 Å². The fourth-order valence-corrected chi connectivity index (χ4v) is 0. The van der Waals surface area contributed by atoms with E-state index < -0.39 is 13.2 Å². The third-order valence-electron chi connectivity index (χ3n) is 0.270. The molecule has 0 saturated heterocycles. The SMILES string of the molecule is C[NH3+].NC(=O)P(=O)([O-])[O-].[H+]. The lowest BCUT2D eigenvalue weighted by atomic mass is 11.5. The number of amides is 1. The van der Waals surface area contributed by atoms with E-state index in [1.807, 2.05) is 0 Å². The second-order valence-corrected chi connectivity index (χ2v) is 2.27. The van der Waals surface area contributed by atoms with Gasteiger partial charge >= 0.3 is 1.43 Å². The number of nitrogens with two attached hydrogens (primary N) is 1. The third kappa shape index (κ3) is 7.58. The first-order valence-corrected chi connectivity index (χ1v) is 3.51. The largest absolute Gasteiger partial charge is 1.00 e. The predicted octanol–water partition coefficient (Wildman–Crippen LogP) is -3.05. The van der Waals surface area contributed by atoms with Crippen LogP contribution in [0.15, 0.2) is 0 Å². The molecule has 0 bridgehead atoms. The van der Waals surface area contributed by atoms with E-state index in [4.69, 9.17) is 0 Å². The predicted molar refractivity (Wildman–Crippen MR) is 27.1 cm³/mol. The molecule has 0 fully saturated rings. The van der Waals surface area contributed by atoms with Gasteiger partial charge in [0.1, 0.15) is 0 Å². The minimum Gasteiger partial charge on any atom is -0.804 e. The Balaban J connectivity index is -0.000000149. The number of rotatable bonds is 1.